The number of aryl methyl sites for hydroxylation is 1. The van der Waals surface area contributed by atoms with E-state index >= 15 is 0 Å². The van der Waals surface area contributed by atoms with Crippen LogP contribution in [0.5, 0.6) is 0 Å². The van der Waals surface area contributed by atoms with E-state index in [0.717, 1.165) is 16.9 Å². The van der Waals surface area contributed by atoms with Gasteiger partial charge in [-0.25, -0.2) is 0 Å². The Bertz CT molecular complexity index is 543. The molecule has 1 aromatic carbocycles. The van der Waals surface area contributed by atoms with Crippen molar-refractivity contribution in [1.29, 1.82) is 0 Å². The van der Waals surface area contributed by atoms with E-state index in [2.05, 4.69) is 6.92 Å². The van der Waals surface area contributed by atoms with E-state index in [1.807, 2.05) is 37.3 Å². The quantitative estimate of drug-likeness (QED) is 0.842. The molecular weight excluding hydrogens is 230 g/mol. The fourth-order valence-electron chi connectivity index (χ4n) is 2.01. The van der Waals surface area contributed by atoms with Gasteiger partial charge in [0.2, 0.25) is 0 Å². The van der Waals surface area contributed by atoms with Gasteiger partial charge in [0, 0.05) is 10.4 Å². The molecule has 2 N–H and O–H groups in total. The minimum Gasteiger partial charge on any atom is -0.390 e. The van der Waals surface area contributed by atoms with Crippen molar-refractivity contribution in [3.63, 3.8) is 0 Å². The lowest BCUT2D eigenvalue weighted by Crippen LogP contribution is -2.05. The third kappa shape index (κ3) is 2.11. The highest BCUT2D eigenvalue weighted by atomic mass is 32.1. The van der Waals surface area contributed by atoms with Crippen LogP contribution in [0.3, 0.4) is 0 Å². The topological polar surface area (TPSA) is 43.1 Å². The van der Waals surface area contributed by atoms with Gasteiger partial charge in [0.15, 0.2) is 5.78 Å². The average Bonchev–Trinajstić information content (AvgIpc) is 2.63. The first-order chi connectivity index (χ1) is 8.15. The Morgan fingerprint density at radius 3 is 2.53 bits per heavy atom. The van der Waals surface area contributed by atoms with Crippen LogP contribution in [0.4, 0.5) is 5.00 Å². The number of nitrogen functional groups attached to an aromatic ring is 1. The van der Waals surface area contributed by atoms with E-state index in [1.165, 1.54) is 11.3 Å². The molecule has 0 aliphatic rings. The maximum Gasteiger partial charge on any atom is 0.196 e. The molecule has 0 spiro atoms. The fourth-order valence-corrected chi connectivity index (χ4v) is 3.03. The summed E-state index contributed by atoms with van der Waals surface area (Å²) in [7, 11) is 0. The molecule has 0 fully saturated rings. The van der Waals surface area contributed by atoms with Crippen molar-refractivity contribution in [3.05, 3.63) is 51.9 Å². The highest BCUT2D eigenvalue weighted by molar-refractivity contribution is 7.16. The second-order valence-electron chi connectivity index (χ2n) is 3.92. The van der Waals surface area contributed by atoms with Crippen molar-refractivity contribution in [2.75, 3.05) is 5.73 Å². The van der Waals surface area contributed by atoms with E-state index in [-0.39, 0.29) is 5.78 Å². The van der Waals surface area contributed by atoms with Gasteiger partial charge < -0.3 is 5.73 Å². The van der Waals surface area contributed by atoms with Crippen LogP contribution in [-0.4, -0.2) is 5.78 Å². The number of carbonyl (C=O) groups excluding carboxylic acids is 1. The SMILES string of the molecule is CCc1c(C)sc(N)c1C(=O)c1ccccc1. The summed E-state index contributed by atoms with van der Waals surface area (Å²) in [5.74, 6) is 0.0318. The van der Waals surface area contributed by atoms with Crippen molar-refractivity contribution in [2.45, 2.75) is 20.3 Å². The van der Waals surface area contributed by atoms with E-state index in [1.54, 1.807) is 0 Å². The molecule has 0 atom stereocenters. The van der Waals surface area contributed by atoms with Gasteiger partial charge in [0.05, 0.1) is 10.6 Å². The van der Waals surface area contributed by atoms with Crippen LogP contribution in [0.15, 0.2) is 30.3 Å². The molecule has 88 valence electrons. The van der Waals surface area contributed by atoms with Gasteiger partial charge >= 0.3 is 0 Å². The highest BCUT2D eigenvalue weighted by Gasteiger charge is 2.20. The van der Waals surface area contributed by atoms with Crippen molar-refractivity contribution in [2.24, 2.45) is 0 Å². The summed E-state index contributed by atoms with van der Waals surface area (Å²) in [6, 6.07) is 9.30. The largest absolute Gasteiger partial charge is 0.390 e. The van der Waals surface area contributed by atoms with E-state index in [0.29, 0.717) is 16.1 Å². The van der Waals surface area contributed by atoms with Crippen LogP contribution in [0.25, 0.3) is 0 Å². The minimum atomic E-state index is 0.0318. The predicted octanol–water partition coefficient (Wildman–Crippen LogP) is 3.43. The normalized spacial score (nSPS) is 10.5. The summed E-state index contributed by atoms with van der Waals surface area (Å²) in [6.07, 6.45) is 0.841. The summed E-state index contributed by atoms with van der Waals surface area (Å²) in [6.45, 7) is 4.07. The van der Waals surface area contributed by atoms with E-state index < -0.39 is 0 Å². The number of carbonyl (C=O) groups is 1. The molecule has 0 aliphatic heterocycles. The lowest BCUT2D eigenvalue weighted by atomic mass is 9.99. The zero-order valence-electron chi connectivity index (χ0n) is 9.99. The van der Waals surface area contributed by atoms with Crippen molar-refractivity contribution >= 4 is 22.1 Å². The summed E-state index contributed by atoms with van der Waals surface area (Å²) < 4.78 is 0. The Hall–Kier alpha value is -1.61. The zero-order valence-corrected chi connectivity index (χ0v) is 10.8. The van der Waals surface area contributed by atoms with Crippen LogP contribution in [0, 0.1) is 6.92 Å². The Morgan fingerprint density at radius 1 is 1.29 bits per heavy atom. The smallest absolute Gasteiger partial charge is 0.196 e. The maximum atomic E-state index is 12.4. The van der Waals surface area contributed by atoms with Gasteiger partial charge in [-0.3, -0.25) is 4.79 Å². The highest BCUT2D eigenvalue weighted by Crippen LogP contribution is 2.32. The fraction of sp³-hybridized carbons (Fsp3) is 0.214. The number of rotatable bonds is 3. The minimum absolute atomic E-state index is 0.0318. The zero-order chi connectivity index (χ0) is 12.4. The molecular formula is C14H15NOS. The number of benzene rings is 1. The summed E-state index contributed by atoms with van der Waals surface area (Å²) in [5, 5.41) is 0.633. The van der Waals surface area contributed by atoms with Crippen LogP contribution < -0.4 is 5.73 Å². The van der Waals surface area contributed by atoms with Crippen molar-refractivity contribution in [1.82, 2.24) is 0 Å². The molecule has 3 heteroatoms. The van der Waals surface area contributed by atoms with Crippen LogP contribution in [0.2, 0.25) is 0 Å². The second kappa shape index (κ2) is 4.72. The van der Waals surface area contributed by atoms with E-state index in [9.17, 15) is 4.79 Å². The van der Waals surface area contributed by atoms with Gasteiger partial charge in [-0.1, -0.05) is 37.3 Å². The molecule has 0 saturated carbocycles. The third-order valence-corrected chi connectivity index (χ3v) is 3.83. The molecule has 0 saturated heterocycles. The Morgan fingerprint density at radius 2 is 1.94 bits per heavy atom. The van der Waals surface area contributed by atoms with Crippen LogP contribution in [-0.2, 0) is 6.42 Å². The van der Waals surface area contributed by atoms with Gasteiger partial charge in [0.25, 0.3) is 0 Å². The van der Waals surface area contributed by atoms with Crippen molar-refractivity contribution < 1.29 is 4.79 Å². The average molecular weight is 245 g/mol. The Kier molecular flexibility index (Phi) is 3.29. The molecule has 0 radical (unpaired) electrons. The van der Waals surface area contributed by atoms with Gasteiger partial charge in [0.1, 0.15) is 0 Å². The standard InChI is InChI=1S/C14H15NOS/c1-3-11-9(2)17-14(15)12(11)13(16)10-7-5-4-6-8-10/h4-8H,3,15H2,1-2H3. The third-order valence-electron chi connectivity index (χ3n) is 2.85. The molecule has 2 nitrogen and oxygen atoms in total. The lowest BCUT2D eigenvalue weighted by Gasteiger charge is -2.03. The van der Waals surface area contributed by atoms with E-state index in [4.69, 9.17) is 5.73 Å². The first-order valence-electron chi connectivity index (χ1n) is 5.62. The summed E-state index contributed by atoms with van der Waals surface area (Å²) in [5.41, 5.74) is 8.43. The lowest BCUT2D eigenvalue weighted by molar-refractivity contribution is 0.103. The number of anilines is 1. The summed E-state index contributed by atoms with van der Waals surface area (Å²) >= 11 is 1.50. The molecule has 17 heavy (non-hydrogen) atoms. The molecule has 0 bridgehead atoms. The Labute approximate surface area is 105 Å². The van der Waals surface area contributed by atoms with Crippen LogP contribution >= 0.6 is 11.3 Å². The van der Waals surface area contributed by atoms with Crippen LogP contribution in [0.1, 0.15) is 33.3 Å². The molecule has 0 amide bonds. The number of thiophene rings is 1. The first-order valence-corrected chi connectivity index (χ1v) is 6.44. The molecule has 0 unspecified atom stereocenters. The summed E-state index contributed by atoms with van der Waals surface area (Å²) in [4.78, 5) is 13.5. The van der Waals surface area contributed by atoms with Gasteiger partial charge in [-0.15, -0.1) is 11.3 Å². The molecule has 2 aromatic rings. The molecule has 1 aromatic heterocycles. The number of nitrogens with two attached hydrogens (primary N) is 1. The number of hydrogen-bond acceptors (Lipinski definition) is 3. The van der Waals surface area contributed by atoms with Crippen molar-refractivity contribution in [3.8, 4) is 0 Å². The Balaban J connectivity index is 2.51. The number of ketones is 1. The monoisotopic (exact) mass is 245 g/mol. The molecule has 1 heterocycles. The number of hydrogen-bond donors (Lipinski definition) is 1. The van der Waals surface area contributed by atoms with Gasteiger partial charge in [-0.05, 0) is 18.9 Å². The molecule has 0 aliphatic carbocycles. The second-order valence-corrected chi connectivity index (χ2v) is 5.18. The molecule has 2 rings (SSSR count). The maximum absolute atomic E-state index is 12.4. The first kappa shape index (κ1) is 11.9. The van der Waals surface area contributed by atoms with Gasteiger partial charge in [-0.2, -0.15) is 0 Å². The predicted molar refractivity (Wildman–Crippen MR) is 72.7 cm³/mol.